The van der Waals surface area contributed by atoms with E-state index in [2.05, 4.69) is 5.32 Å². The number of amides is 2. The number of nitrogens with one attached hydrogen (secondary N) is 1. The summed E-state index contributed by atoms with van der Waals surface area (Å²) in [5.41, 5.74) is 0.426. The van der Waals surface area contributed by atoms with Gasteiger partial charge in [-0.25, -0.2) is 4.79 Å². The Bertz CT molecular complexity index is 1060. The molecule has 0 bridgehead atoms. The molecule has 1 fully saturated rings. The third kappa shape index (κ3) is 5.10. The maximum absolute atomic E-state index is 12.6. The summed E-state index contributed by atoms with van der Waals surface area (Å²) in [7, 11) is 1.30. The topological polar surface area (TPSA) is 128 Å². The lowest BCUT2D eigenvalue weighted by Crippen LogP contribution is -2.27. The molecule has 162 valence electrons. The number of halogens is 1. The monoisotopic (exact) mass is 447 g/mol. The number of non-ortho nitro benzene ring substituents is 1. The van der Waals surface area contributed by atoms with Crippen LogP contribution in [-0.4, -0.2) is 43.0 Å². The summed E-state index contributed by atoms with van der Waals surface area (Å²) in [6, 6.07) is 8.11. The van der Waals surface area contributed by atoms with E-state index in [1.54, 1.807) is 0 Å². The van der Waals surface area contributed by atoms with E-state index in [-0.39, 0.29) is 28.6 Å². The number of nitro groups is 1. The first-order valence-electron chi connectivity index (χ1n) is 9.19. The molecule has 0 saturated carbocycles. The second-order valence-corrected chi connectivity index (χ2v) is 7.01. The first-order valence-corrected chi connectivity index (χ1v) is 9.57. The third-order valence-corrected chi connectivity index (χ3v) is 4.78. The van der Waals surface area contributed by atoms with E-state index in [1.165, 1.54) is 42.3 Å². The maximum atomic E-state index is 12.6. The lowest BCUT2D eigenvalue weighted by atomic mass is 10.1. The van der Waals surface area contributed by atoms with Crippen LogP contribution in [0, 0.1) is 10.1 Å². The van der Waals surface area contributed by atoms with Crippen LogP contribution in [0.15, 0.2) is 36.4 Å². The first kappa shape index (κ1) is 22.0. The second-order valence-electron chi connectivity index (χ2n) is 6.58. The molecule has 31 heavy (non-hydrogen) atoms. The van der Waals surface area contributed by atoms with Crippen molar-refractivity contribution in [1.82, 2.24) is 0 Å². The Balaban J connectivity index is 1.68. The third-order valence-electron chi connectivity index (χ3n) is 4.55. The molecule has 1 heterocycles. The van der Waals surface area contributed by atoms with Crippen LogP contribution in [0.2, 0.25) is 5.02 Å². The van der Waals surface area contributed by atoms with Crippen LogP contribution < -0.4 is 15.0 Å². The number of carbonyl (C=O) groups is 3. The Kier molecular flexibility index (Phi) is 6.71. The molecule has 0 aromatic heterocycles. The number of hydrogen-bond donors (Lipinski definition) is 1. The SMILES string of the molecule is COc1cc([N+](=O)[O-])ccc1NC(=O)COC(=O)c1ccc(Cl)cc1N1CCCC1=O. The van der Waals surface area contributed by atoms with Gasteiger partial charge in [-0.2, -0.15) is 0 Å². The maximum Gasteiger partial charge on any atom is 0.340 e. The largest absolute Gasteiger partial charge is 0.494 e. The lowest BCUT2D eigenvalue weighted by molar-refractivity contribution is -0.384. The van der Waals surface area contributed by atoms with Gasteiger partial charge in [0.25, 0.3) is 11.6 Å². The van der Waals surface area contributed by atoms with Crippen molar-refractivity contribution in [2.45, 2.75) is 12.8 Å². The molecular weight excluding hydrogens is 430 g/mol. The molecule has 2 aromatic rings. The average molecular weight is 448 g/mol. The molecule has 1 saturated heterocycles. The van der Waals surface area contributed by atoms with E-state index in [0.717, 1.165) is 6.07 Å². The number of rotatable bonds is 7. The molecule has 0 spiro atoms. The molecular formula is C20H18ClN3O7. The molecule has 2 aromatic carbocycles. The highest BCUT2D eigenvalue weighted by Gasteiger charge is 2.27. The predicted octanol–water partition coefficient (Wildman–Crippen LogP) is 3.18. The highest BCUT2D eigenvalue weighted by molar-refractivity contribution is 6.31. The number of benzene rings is 2. The molecule has 0 atom stereocenters. The van der Waals surface area contributed by atoms with E-state index in [9.17, 15) is 24.5 Å². The molecule has 0 radical (unpaired) electrons. The summed E-state index contributed by atoms with van der Waals surface area (Å²) in [5, 5.41) is 13.7. The molecule has 3 rings (SSSR count). The van der Waals surface area contributed by atoms with Crippen LogP contribution in [0.4, 0.5) is 17.1 Å². The van der Waals surface area contributed by atoms with Gasteiger partial charge in [0.1, 0.15) is 5.75 Å². The molecule has 11 heteroatoms. The van der Waals surface area contributed by atoms with E-state index in [4.69, 9.17) is 21.1 Å². The Morgan fingerprint density at radius 2 is 2.03 bits per heavy atom. The van der Waals surface area contributed by atoms with Crippen LogP contribution in [-0.2, 0) is 14.3 Å². The van der Waals surface area contributed by atoms with E-state index in [1.807, 2.05) is 0 Å². The van der Waals surface area contributed by atoms with Crippen LogP contribution in [0.3, 0.4) is 0 Å². The molecule has 1 N–H and O–H groups in total. The Morgan fingerprint density at radius 3 is 2.68 bits per heavy atom. The summed E-state index contributed by atoms with van der Waals surface area (Å²) in [6.45, 7) is -0.158. The van der Waals surface area contributed by atoms with Gasteiger partial charge in [0, 0.05) is 24.1 Å². The number of ether oxygens (including phenoxy) is 2. The van der Waals surface area contributed by atoms with Crippen LogP contribution in [0.5, 0.6) is 5.75 Å². The van der Waals surface area contributed by atoms with E-state index < -0.39 is 23.4 Å². The summed E-state index contributed by atoms with van der Waals surface area (Å²) in [6.07, 6.45) is 1.04. The van der Waals surface area contributed by atoms with Crippen LogP contribution in [0.1, 0.15) is 23.2 Å². The smallest absolute Gasteiger partial charge is 0.340 e. The Morgan fingerprint density at radius 1 is 1.26 bits per heavy atom. The van der Waals surface area contributed by atoms with E-state index >= 15 is 0 Å². The zero-order valence-corrected chi connectivity index (χ0v) is 17.2. The van der Waals surface area contributed by atoms with Gasteiger partial charge in [-0.15, -0.1) is 0 Å². The normalized spacial score (nSPS) is 13.1. The molecule has 0 unspecified atom stereocenters. The molecule has 1 aliphatic heterocycles. The van der Waals surface area contributed by atoms with Crippen LogP contribution in [0.25, 0.3) is 0 Å². The van der Waals surface area contributed by atoms with Gasteiger partial charge in [-0.3, -0.25) is 19.7 Å². The summed E-state index contributed by atoms with van der Waals surface area (Å²) in [4.78, 5) is 48.6. The molecule has 2 amide bonds. The van der Waals surface area contributed by atoms with Gasteiger partial charge in [0.05, 0.1) is 35.0 Å². The van der Waals surface area contributed by atoms with Crippen molar-refractivity contribution in [1.29, 1.82) is 0 Å². The highest BCUT2D eigenvalue weighted by Crippen LogP contribution is 2.30. The number of nitrogens with zero attached hydrogens (tertiary/aromatic N) is 2. The quantitative estimate of drug-likeness (QED) is 0.392. The summed E-state index contributed by atoms with van der Waals surface area (Å²) < 4.78 is 10.1. The summed E-state index contributed by atoms with van der Waals surface area (Å²) in [5.74, 6) is -1.51. The van der Waals surface area contributed by atoms with Gasteiger partial charge < -0.3 is 19.7 Å². The lowest BCUT2D eigenvalue weighted by Gasteiger charge is -2.19. The minimum absolute atomic E-state index is 0.0846. The van der Waals surface area contributed by atoms with Gasteiger partial charge >= 0.3 is 5.97 Å². The molecule has 10 nitrogen and oxygen atoms in total. The standard InChI is InChI=1S/C20H18ClN3O7/c1-30-17-10-13(24(28)29)5-7-15(17)22-18(25)11-31-20(27)14-6-4-12(21)9-16(14)23-8-2-3-19(23)26/h4-7,9-10H,2-3,8,11H2,1H3,(H,22,25). The van der Waals surface area contributed by atoms with Crippen molar-refractivity contribution in [2.75, 3.05) is 30.5 Å². The fourth-order valence-electron chi connectivity index (χ4n) is 3.10. The number of methoxy groups -OCH3 is 1. The number of carbonyl (C=O) groups excluding carboxylic acids is 3. The van der Waals surface area contributed by atoms with Gasteiger partial charge in [-0.05, 0) is 30.7 Å². The van der Waals surface area contributed by atoms with Gasteiger partial charge in [0.15, 0.2) is 6.61 Å². The van der Waals surface area contributed by atoms with Crippen molar-refractivity contribution in [3.8, 4) is 5.75 Å². The second kappa shape index (κ2) is 9.43. The van der Waals surface area contributed by atoms with Gasteiger partial charge in [0.2, 0.25) is 5.91 Å². The molecule has 1 aliphatic rings. The van der Waals surface area contributed by atoms with Crippen molar-refractivity contribution in [3.63, 3.8) is 0 Å². The van der Waals surface area contributed by atoms with E-state index in [0.29, 0.717) is 30.1 Å². The minimum atomic E-state index is -0.794. The number of hydrogen-bond acceptors (Lipinski definition) is 7. The van der Waals surface area contributed by atoms with Crippen LogP contribution >= 0.6 is 11.6 Å². The fraction of sp³-hybridized carbons (Fsp3) is 0.250. The van der Waals surface area contributed by atoms with Gasteiger partial charge in [-0.1, -0.05) is 11.6 Å². The Labute approximate surface area is 181 Å². The zero-order chi connectivity index (χ0) is 22.5. The van der Waals surface area contributed by atoms with Crippen molar-refractivity contribution in [3.05, 3.63) is 57.1 Å². The molecule has 0 aliphatic carbocycles. The number of esters is 1. The van der Waals surface area contributed by atoms with Crippen molar-refractivity contribution in [2.24, 2.45) is 0 Å². The average Bonchev–Trinajstić information content (AvgIpc) is 3.17. The van der Waals surface area contributed by atoms with Crippen molar-refractivity contribution < 1.29 is 28.8 Å². The zero-order valence-electron chi connectivity index (χ0n) is 16.4. The number of nitro benzene ring substituents is 1. The summed E-state index contributed by atoms with van der Waals surface area (Å²) >= 11 is 6.02. The predicted molar refractivity (Wildman–Crippen MR) is 112 cm³/mol. The Hall–Kier alpha value is -3.66. The highest BCUT2D eigenvalue weighted by atomic mass is 35.5. The number of anilines is 2. The fourth-order valence-corrected chi connectivity index (χ4v) is 3.26. The van der Waals surface area contributed by atoms with Crippen molar-refractivity contribution >= 4 is 46.4 Å². The first-order chi connectivity index (χ1) is 14.8. The minimum Gasteiger partial charge on any atom is -0.494 e.